The highest BCUT2D eigenvalue weighted by atomic mass is 35.5. The van der Waals surface area contributed by atoms with Crippen molar-refractivity contribution < 1.29 is 0 Å². The maximum absolute atomic E-state index is 5.93. The molecule has 90 valence electrons. The van der Waals surface area contributed by atoms with Gasteiger partial charge >= 0.3 is 0 Å². The molecule has 0 saturated heterocycles. The van der Waals surface area contributed by atoms with Crippen LogP contribution in [-0.4, -0.2) is 18.1 Å². The zero-order valence-corrected chi connectivity index (χ0v) is 11.5. The Morgan fingerprint density at radius 3 is 2.56 bits per heavy atom. The van der Waals surface area contributed by atoms with Crippen molar-refractivity contribution in [3.63, 3.8) is 0 Å². The van der Waals surface area contributed by atoms with E-state index in [0.717, 1.165) is 5.56 Å². The van der Waals surface area contributed by atoms with Gasteiger partial charge in [-0.3, -0.25) is 4.98 Å². The van der Waals surface area contributed by atoms with Crippen LogP contribution in [0.1, 0.15) is 33.3 Å². The van der Waals surface area contributed by atoms with Gasteiger partial charge < -0.3 is 4.90 Å². The minimum Gasteiger partial charge on any atom is -0.371 e. The molecule has 2 nitrogen and oxygen atoms in total. The van der Waals surface area contributed by atoms with Crippen LogP contribution in [0.25, 0.3) is 0 Å². The van der Waals surface area contributed by atoms with Crippen LogP contribution in [0.5, 0.6) is 0 Å². The quantitative estimate of drug-likeness (QED) is 0.750. The summed E-state index contributed by atoms with van der Waals surface area (Å²) in [6.07, 6.45) is 3.66. The first-order valence-electron chi connectivity index (χ1n) is 5.59. The number of aromatic nitrogens is 1. The molecule has 1 unspecified atom stereocenters. The average molecular weight is 241 g/mol. The number of anilines is 1. The molecular weight excluding hydrogens is 220 g/mol. The molecule has 1 aromatic heterocycles. The van der Waals surface area contributed by atoms with Crippen molar-refractivity contribution >= 4 is 17.3 Å². The maximum Gasteiger partial charge on any atom is 0.0509 e. The first-order chi connectivity index (χ1) is 7.38. The van der Waals surface area contributed by atoms with Crippen molar-refractivity contribution in [2.45, 2.75) is 39.6 Å². The molecule has 1 rings (SSSR count). The summed E-state index contributed by atoms with van der Waals surface area (Å²) in [6.45, 7) is 8.97. The van der Waals surface area contributed by atoms with Crippen LogP contribution in [0.15, 0.2) is 18.5 Å². The zero-order valence-electron chi connectivity index (χ0n) is 10.8. The minimum atomic E-state index is 0.238. The molecular formula is C13H21ClN2. The zero-order chi connectivity index (χ0) is 12.3. The van der Waals surface area contributed by atoms with Crippen LogP contribution in [0, 0.1) is 5.41 Å². The molecule has 0 N–H and O–H groups in total. The van der Waals surface area contributed by atoms with Gasteiger partial charge in [0.1, 0.15) is 0 Å². The van der Waals surface area contributed by atoms with Gasteiger partial charge in [0.2, 0.25) is 0 Å². The predicted molar refractivity (Wildman–Crippen MR) is 71.1 cm³/mol. The third-order valence-corrected chi connectivity index (χ3v) is 3.52. The molecule has 0 bridgehead atoms. The summed E-state index contributed by atoms with van der Waals surface area (Å²) in [5, 5.41) is 0. The van der Waals surface area contributed by atoms with E-state index >= 15 is 0 Å². The van der Waals surface area contributed by atoms with Crippen LogP contribution in [0.4, 0.5) is 5.69 Å². The van der Waals surface area contributed by atoms with Gasteiger partial charge in [-0.05, 0) is 18.4 Å². The van der Waals surface area contributed by atoms with Crippen LogP contribution in [0.2, 0.25) is 0 Å². The van der Waals surface area contributed by atoms with Gasteiger partial charge in [0, 0.05) is 36.7 Å². The molecule has 0 radical (unpaired) electrons. The van der Waals surface area contributed by atoms with E-state index in [4.69, 9.17) is 11.6 Å². The maximum atomic E-state index is 5.93. The number of hydrogen-bond donors (Lipinski definition) is 0. The fourth-order valence-electron chi connectivity index (χ4n) is 1.66. The van der Waals surface area contributed by atoms with Crippen molar-refractivity contribution in [3.8, 4) is 0 Å². The molecule has 1 atom stereocenters. The second-order valence-electron chi connectivity index (χ2n) is 5.29. The standard InChI is InChI=1S/C13H21ClN2/c1-10(13(2,3)4)16(5)12-6-7-15-9-11(12)8-14/h6-7,9-10H,8H2,1-5H3. The van der Waals surface area contributed by atoms with E-state index in [9.17, 15) is 0 Å². The normalized spacial score (nSPS) is 13.6. The lowest BCUT2D eigenvalue weighted by atomic mass is 9.87. The third kappa shape index (κ3) is 2.88. The lowest BCUT2D eigenvalue weighted by Gasteiger charge is -2.37. The summed E-state index contributed by atoms with van der Waals surface area (Å²) >= 11 is 5.93. The molecule has 0 aliphatic carbocycles. The van der Waals surface area contributed by atoms with Gasteiger partial charge in [0.15, 0.2) is 0 Å². The Morgan fingerprint density at radius 1 is 1.44 bits per heavy atom. The highest BCUT2D eigenvalue weighted by Gasteiger charge is 2.25. The number of alkyl halides is 1. The average Bonchev–Trinajstić information content (AvgIpc) is 2.25. The Labute approximate surface area is 104 Å². The molecule has 1 heterocycles. The molecule has 0 aliphatic heterocycles. The Hall–Kier alpha value is -0.760. The number of pyridine rings is 1. The fourth-order valence-corrected chi connectivity index (χ4v) is 1.86. The SMILES string of the molecule is CC(N(C)c1ccncc1CCl)C(C)(C)C. The number of halogens is 1. The van der Waals surface area contributed by atoms with Crippen LogP contribution in [-0.2, 0) is 5.88 Å². The van der Waals surface area contributed by atoms with Crippen molar-refractivity contribution in [1.82, 2.24) is 4.98 Å². The van der Waals surface area contributed by atoms with E-state index in [1.165, 1.54) is 5.69 Å². The highest BCUT2D eigenvalue weighted by molar-refractivity contribution is 6.17. The van der Waals surface area contributed by atoms with E-state index < -0.39 is 0 Å². The summed E-state index contributed by atoms with van der Waals surface area (Å²) < 4.78 is 0. The van der Waals surface area contributed by atoms with Crippen LogP contribution < -0.4 is 4.90 Å². The van der Waals surface area contributed by atoms with Gasteiger partial charge in [-0.1, -0.05) is 20.8 Å². The first-order valence-corrected chi connectivity index (χ1v) is 6.13. The van der Waals surface area contributed by atoms with Crippen molar-refractivity contribution in [2.24, 2.45) is 5.41 Å². The first kappa shape index (κ1) is 13.3. The van der Waals surface area contributed by atoms with Gasteiger partial charge in [0.05, 0.1) is 5.88 Å². The van der Waals surface area contributed by atoms with Crippen molar-refractivity contribution in [1.29, 1.82) is 0 Å². The largest absolute Gasteiger partial charge is 0.371 e. The number of hydrogen-bond acceptors (Lipinski definition) is 2. The van der Waals surface area contributed by atoms with Gasteiger partial charge in [0.25, 0.3) is 0 Å². The number of nitrogens with zero attached hydrogens (tertiary/aromatic N) is 2. The Bertz CT molecular complexity index is 344. The summed E-state index contributed by atoms with van der Waals surface area (Å²) in [7, 11) is 2.11. The van der Waals surface area contributed by atoms with E-state index in [1.807, 2.05) is 18.5 Å². The van der Waals surface area contributed by atoms with E-state index in [1.54, 1.807) is 0 Å². The Kier molecular flexibility index (Phi) is 4.20. The van der Waals surface area contributed by atoms with Crippen LogP contribution >= 0.6 is 11.6 Å². The molecule has 0 aliphatic rings. The summed E-state index contributed by atoms with van der Waals surface area (Å²) in [5.41, 5.74) is 2.50. The lowest BCUT2D eigenvalue weighted by molar-refractivity contribution is 0.329. The van der Waals surface area contributed by atoms with Gasteiger partial charge in [-0.15, -0.1) is 11.6 Å². The van der Waals surface area contributed by atoms with Crippen molar-refractivity contribution in [3.05, 3.63) is 24.0 Å². The summed E-state index contributed by atoms with van der Waals surface area (Å²) in [4.78, 5) is 6.39. The smallest absolute Gasteiger partial charge is 0.0509 e. The molecule has 0 saturated carbocycles. The molecule has 0 fully saturated rings. The van der Waals surface area contributed by atoms with Gasteiger partial charge in [-0.2, -0.15) is 0 Å². The molecule has 0 spiro atoms. The lowest BCUT2D eigenvalue weighted by Crippen LogP contribution is -2.39. The third-order valence-electron chi connectivity index (χ3n) is 3.24. The van der Waals surface area contributed by atoms with E-state index in [2.05, 4.69) is 44.6 Å². The van der Waals surface area contributed by atoms with E-state index in [-0.39, 0.29) is 5.41 Å². The van der Waals surface area contributed by atoms with Crippen LogP contribution in [0.3, 0.4) is 0 Å². The fraction of sp³-hybridized carbons (Fsp3) is 0.615. The molecule has 0 aromatic carbocycles. The van der Waals surface area contributed by atoms with Gasteiger partial charge in [-0.25, -0.2) is 0 Å². The molecule has 0 amide bonds. The van der Waals surface area contributed by atoms with E-state index in [0.29, 0.717) is 11.9 Å². The molecule has 16 heavy (non-hydrogen) atoms. The predicted octanol–water partition coefficient (Wildman–Crippen LogP) is 3.69. The second kappa shape index (κ2) is 5.05. The monoisotopic (exact) mass is 240 g/mol. The molecule has 1 aromatic rings. The Balaban J connectivity index is 3.00. The summed E-state index contributed by atoms with van der Waals surface area (Å²) in [5.74, 6) is 0.504. The molecule has 3 heteroatoms. The topological polar surface area (TPSA) is 16.1 Å². The number of rotatable bonds is 3. The highest BCUT2D eigenvalue weighted by Crippen LogP contribution is 2.29. The van der Waals surface area contributed by atoms with Crippen molar-refractivity contribution in [2.75, 3.05) is 11.9 Å². The second-order valence-corrected chi connectivity index (χ2v) is 5.56. The minimum absolute atomic E-state index is 0.238. The summed E-state index contributed by atoms with van der Waals surface area (Å²) in [6, 6.07) is 2.47. The Morgan fingerprint density at radius 2 is 2.06 bits per heavy atom.